The number of halogens is 1. The van der Waals surface area contributed by atoms with Crippen LogP contribution in [-0.4, -0.2) is 18.6 Å². The van der Waals surface area contributed by atoms with Crippen LogP contribution in [-0.2, 0) is 6.54 Å². The van der Waals surface area contributed by atoms with Crippen molar-refractivity contribution < 1.29 is 4.39 Å². The molecule has 0 aliphatic carbocycles. The Hall–Kier alpha value is -0.930. The summed E-state index contributed by atoms with van der Waals surface area (Å²) >= 11 is 0. The highest BCUT2D eigenvalue weighted by Gasteiger charge is 2.05. The van der Waals surface area contributed by atoms with Crippen molar-refractivity contribution in [3.63, 3.8) is 0 Å². The van der Waals surface area contributed by atoms with Crippen LogP contribution in [0.5, 0.6) is 0 Å². The van der Waals surface area contributed by atoms with Crippen molar-refractivity contribution in [3.8, 4) is 0 Å². The van der Waals surface area contributed by atoms with E-state index in [1.807, 2.05) is 13.0 Å². The van der Waals surface area contributed by atoms with Gasteiger partial charge in [-0.1, -0.05) is 31.5 Å². The summed E-state index contributed by atoms with van der Waals surface area (Å²) in [6, 6.07) is 6.03. The zero-order valence-corrected chi connectivity index (χ0v) is 11.2. The highest BCUT2D eigenvalue weighted by molar-refractivity contribution is 5.23. The van der Waals surface area contributed by atoms with Gasteiger partial charge < -0.3 is 10.6 Å². The standard InChI is InChI=1S/C14H23FN2/c1-10(2)16-8-12(4)17-9-13-7-11(3)5-6-14(13)15/h5-7,10,12,16-17H,8-9H2,1-4H3. The Kier molecular flexibility index (Phi) is 5.59. The van der Waals surface area contributed by atoms with Crippen molar-refractivity contribution in [1.82, 2.24) is 10.6 Å². The van der Waals surface area contributed by atoms with Crippen LogP contribution in [0, 0.1) is 12.7 Å². The van der Waals surface area contributed by atoms with Crippen LogP contribution in [0.15, 0.2) is 18.2 Å². The Bertz CT molecular complexity index is 350. The summed E-state index contributed by atoms with van der Waals surface area (Å²) in [5.74, 6) is -0.132. The Morgan fingerprint density at radius 1 is 1.18 bits per heavy atom. The molecule has 0 aromatic heterocycles. The molecule has 1 aromatic rings. The van der Waals surface area contributed by atoms with Gasteiger partial charge in [-0.15, -0.1) is 0 Å². The van der Waals surface area contributed by atoms with E-state index in [-0.39, 0.29) is 5.82 Å². The molecule has 0 aliphatic heterocycles. The van der Waals surface area contributed by atoms with Gasteiger partial charge in [0.1, 0.15) is 5.82 Å². The molecule has 2 nitrogen and oxygen atoms in total. The van der Waals surface area contributed by atoms with E-state index < -0.39 is 0 Å². The zero-order valence-electron chi connectivity index (χ0n) is 11.2. The number of benzene rings is 1. The second-order valence-corrected chi connectivity index (χ2v) is 4.94. The lowest BCUT2D eigenvalue weighted by molar-refractivity contribution is 0.468. The quantitative estimate of drug-likeness (QED) is 0.796. The van der Waals surface area contributed by atoms with Crippen LogP contribution >= 0.6 is 0 Å². The number of nitrogens with one attached hydrogen (secondary N) is 2. The van der Waals surface area contributed by atoms with Crippen LogP contribution in [0.25, 0.3) is 0 Å². The third-order valence-corrected chi connectivity index (χ3v) is 2.67. The van der Waals surface area contributed by atoms with E-state index in [4.69, 9.17) is 0 Å². The van der Waals surface area contributed by atoms with Crippen LogP contribution in [0.3, 0.4) is 0 Å². The lowest BCUT2D eigenvalue weighted by atomic mass is 10.1. The van der Waals surface area contributed by atoms with E-state index in [1.54, 1.807) is 6.07 Å². The average molecular weight is 238 g/mol. The van der Waals surface area contributed by atoms with Gasteiger partial charge in [-0.05, 0) is 19.9 Å². The Morgan fingerprint density at radius 3 is 2.53 bits per heavy atom. The summed E-state index contributed by atoms with van der Waals surface area (Å²) < 4.78 is 13.5. The molecule has 0 saturated heterocycles. The van der Waals surface area contributed by atoms with E-state index >= 15 is 0 Å². The van der Waals surface area contributed by atoms with Gasteiger partial charge in [-0.2, -0.15) is 0 Å². The van der Waals surface area contributed by atoms with E-state index in [0.29, 0.717) is 18.6 Å². The lowest BCUT2D eigenvalue weighted by Gasteiger charge is -2.17. The molecule has 0 spiro atoms. The molecule has 1 aromatic carbocycles. The number of hydrogen-bond acceptors (Lipinski definition) is 2. The van der Waals surface area contributed by atoms with Gasteiger partial charge in [0.2, 0.25) is 0 Å². The molecule has 96 valence electrons. The highest BCUT2D eigenvalue weighted by Crippen LogP contribution is 2.09. The van der Waals surface area contributed by atoms with Crippen molar-refractivity contribution in [2.24, 2.45) is 0 Å². The smallest absolute Gasteiger partial charge is 0.127 e. The summed E-state index contributed by atoms with van der Waals surface area (Å²) in [6.07, 6.45) is 0. The first kappa shape index (κ1) is 14.1. The van der Waals surface area contributed by atoms with Gasteiger partial charge in [-0.25, -0.2) is 4.39 Å². The fourth-order valence-electron chi connectivity index (χ4n) is 1.61. The topological polar surface area (TPSA) is 24.1 Å². The summed E-state index contributed by atoms with van der Waals surface area (Å²) in [6.45, 7) is 9.79. The molecule has 2 N–H and O–H groups in total. The molecule has 0 bridgehead atoms. The van der Waals surface area contributed by atoms with Crippen LogP contribution in [0.4, 0.5) is 4.39 Å². The van der Waals surface area contributed by atoms with Crippen molar-refractivity contribution in [2.75, 3.05) is 6.54 Å². The van der Waals surface area contributed by atoms with Gasteiger partial charge >= 0.3 is 0 Å². The zero-order chi connectivity index (χ0) is 12.8. The van der Waals surface area contributed by atoms with Crippen molar-refractivity contribution in [2.45, 2.75) is 46.3 Å². The third kappa shape index (κ3) is 5.29. The van der Waals surface area contributed by atoms with Gasteiger partial charge in [-0.3, -0.25) is 0 Å². The largest absolute Gasteiger partial charge is 0.313 e. The van der Waals surface area contributed by atoms with Crippen LogP contribution in [0.2, 0.25) is 0 Å². The van der Waals surface area contributed by atoms with Crippen LogP contribution in [0.1, 0.15) is 31.9 Å². The Labute approximate surface area is 104 Å². The van der Waals surface area contributed by atoms with E-state index in [1.165, 1.54) is 6.07 Å². The van der Waals surface area contributed by atoms with E-state index in [0.717, 1.165) is 17.7 Å². The first-order valence-electron chi connectivity index (χ1n) is 6.21. The minimum atomic E-state index is -0.132. The van der Waals surface area contributed by atoms with Crippen LogP contribution < -0.4 is 10.6 Å². The molecule has 1 atom stereocenters. The summed E-state index contributed by atoms with van der Waals surface area (Å²) in [5, 5.41) is 6.67. The molecule has 17 heavy (non-hydrogen) atoms. The minimum Gasteiger partial charge on any atom is -0.313 e. The summed E-state index contributed by atoms with van der Waals surface area (Å²) in [4.78, 5) is 0. The fraction of sp³-hybridized carbons (Fsp3) is 0.571. The van der Waals surface area contributed by atoms with Crippen molar-refractivity contribution in [3.05, 3.63) is 35.1 Å². The maximum atomic E-state index is 13.5. The van der Waals surface area contributed by atoms with Gasteiger partial charge in [0.25, 0.3) is 0 Å². The lowest BCUT2D eigenvalue weighted by Crippen LogP contribution is -2.38. The summed E-state index contributed by atoms with van der Waals surface area (Å²) in [5.41, 5.74) is 1.83. The van der Waals surface area contributed by atoms with Gasteiger partial charge in [0.05, 0.1) is 0 Å². The van der Waals surface area contributed by atoms with Gasteiger partial charge in [0.15, 0.2) is 0 Å². The molecule has 0 radical (unpaired) electrons. The minimum absolute atomic E-state index is 0.132. The molecule has 3 heteroatoms. The normalized spacial score (nSPS) is 13.1. The molecule has 0 heterocycles. The predicted molar refractivity (Wildman–Crippen MR) is 70.6 cm³/mol. The Morgan fingerprint density at radius 2 is 1.88 bits per heavy atom. The molecule has 0 fully saturated rings. The van der Waals surface area contributed by atoms with Crippen molar-refractivity contribution >= 4 is 0 Å². The molecular weight excluding hydrogens is 215 g/mol. The first-order valence-corrected chi connectivity index (χ1v) is 6.21. The molecule has 1 unspecified atom stereocenters. The summed E-state index contributed by atoms with van der Waals surface area (Å²) in [7, 11) is 0. The van der Waals surface area contributed by atoms with E-state index in [9.17, 15) is 4.39 Å². The second-order valence-electron chi connectivity index (χ2n) is 4.94. The SMILES string of the molecule is Cc1ccc(F)c(CNC(C)CNC(C)C)c1. The molecule has 1 rings (SSSR count). The number of rotatable bonds is 6. The molecule has 0 aliphatic rings. The molecule has 0 amide bonds. The first-order chi connectivity index (χ1) is 7.99. The highest BCUT2D eigenvalue weighted by atomic mass is 19.1. The maximum Gasteiger partial charge on any atom is 0.127 e. The average Bonchev–Trinajstić information content (AvgIpc) is 2.27. The second kappa shape index (κ2) is 6.72. The number of aryl methyl sites for hydroxylation is 1. The number of hydrogen-bond donors (Lipinski definition) is 2. The van der Waals surface area contributed by atoms with Crippen molar-refractivity contribution in [1.29, 1.82) is 0 Å². The van der Waals surface area contributed by atoms with Gasteiger partial charge in [0, 0.05) is 30.7 Å². The maximum absolute atomic E-state index is 13.5. The monoisotopic (exact) mass is 238 g/mol. The van der Waals surface area contributed by atoms with E-state index in [2.05, 4.69) is 31.4 Å². The molecule has 0 saturated carbocycles. The molecular formula is C14H23FN2. The third-order valence-electron chi connectivity index (χ3n) is 2.67. The Balaban J connectivity index is 2.41. The fourth-order valence-corrected chi connectivity index (χ4v) is 1.61. The predicted octanol–water partition coefficient (Wildman–Crippen LogP) is 2.61.